The minimum Gasteiger partial charge on any atom is -0.395 e. The third-order valence-corrected chi connectivity index (χ3v) is 3.59. The Bertz CT molecular complexity index is 527. The number of aliphatic hydroxyl groups excluding tert-OH is 1. The van der Waals surface area contributed by atoms with Gasteiger partial charge in [0, 0.05) is 6.04 Å². The highest BCUT2D eigenvalue weighted by molar-refractivity contribution is 5.30. The average Bonchev–Trinajstić information content (AvgIpc) is 3.09. The third-order valence-electron chi connectivity index (χ3n) is 3.59. The molecule has 6 heteroatoms. The van der Waals surface area contributed by atoms with Crippen LogP contribution in [0, 0.1) is 0 Å². The number of benzene rings is 1. The second-order valence-electron chi connectivity index (χ2n) is 4.79. The van der Waals surface area contributed by atoms with Crippen LogP contribution >= 0.6 is 0 Å². The number of aliphatic hydroxyl groups is 1. The van der Waals surface area contributed by atoms with Crippen LogP contribution in [-0.2, 0) is 6.54 Å². The number of nitrogens with zero attached hydrogens (tertiary/aromatic N) is 5. The first-order valence-electron chi connectivity index (χ1n) is 6.56. The number of rotatable bonds is 4. The Labute approximate surface area is 111 Å². The van der Waals surface area contributed by atoms with Crippen LogP contribution < -0.4 is 0 Å². The molecule has 1 aliphatic rings. The van der Waals surface area contributed by atoms with E-state index < -0.39 is 0 Å². The average molecular weight is 259 g/mol. The molecule has 1 fully saturated rings. The highest BCUT2D eigenvalue weighted by atomic mass is 16.3. The van der Waals surface area contributed by atoms with Gasteiger partial charge >= 0.3 is 0 Å². The van der Waals surface area contributed by atoms with Crippen LogP contribution in [0.3, 0.4) is 0 Å². The Balaban J connectivity index is 1.81. The van der Waals surface area contributed by atoms with Gasteiger partial charge in [0.1, 0.15) is 0 Å². The summed E-state index contributed by atoms with van der Waals surface area (Å²) in [7, 11) is 0. The zero-order valence-electron chi connectivity index (χ0n) is 10.7. The summed E-state index contributed by atoms with van der Waals surface area (Å²) in [4.78, 5) is 2.24. The number of likely N-dealkylation sites (tertiary alicyclic amines) is 1. The Kier molecular flexibility index (Phi) is 3.52. The summed E-state index contributed by atoms with van der Waals surface area (Å²) in [6.07, 6.45) is 2.17. The lowest BCUT2D eigenvalue weighted by molar-refractivity contribution is 0.150. The number of hydrogen-bond donors (Lipinski definition) is 1. The van der Waals surface area contributed by atoms with Gasteiger partial charge in [-0.3, -0.25) is 4.90 Å². The quantitative estimate of drug-likeness (QED) is 0.871. The van der Waals surface area contributed by atoms with E-state index in [1.807, 2.05) is 30.3 Å². The van der Waals surface area contributed by atoms with Crippen LogP contribution in [0.25, 0.3) is 5.69 Å². The maximum Gasteiger partial charge on any atom is 0.170 e. The van der Waals surface area contributed by atoms with Crippen LogP contribution in [0.5, 0.6) is 0 Å². The predicted molar refractivity (Wildman–Crippen MR) is 69.7 cm³/mol. The van der Waals surface area contributed by atoms with Crippen LogP contribution in [0.15, 0.2) is 30.3 Å². The first-order chi connectivity index (χ1) is 9.38. The van der Waals surface area contributed by atoms with E-state index in [2.05, 4.69) is 20.4 Å². The molecule has 0 amide bonds. The van der Waals surface area contributed by atoms with Crippen LogP contribution in [-0.4, -0.2) is 49.4 Å². The molecule has 0 saturated carbocycles. The van der Waals surface area contributed by atoms with Gasteiger partial charge < -0.3 is 5.11 Å². The molecule has 1 N–H and O–H groups in total. The standard InChI is InChI=1S/C13H17N5O/c19-10-12-7-4-8-17(12)9-13-14-15-16-18(13)11-5-2-1-3-6-11/h1-3,5-6,12,19H,4,7-10H2/t12-/m1/s1. The van der Waals surface area contributed by atoms with E-state index in [0.717, 1.165) is 30.9 Å². The molecule has 100 valence electrons. The van der Waals surface area contributed by atoms with Gasteiger partial charge in [-0.05, 0) is 41.9 Å². The number of tetrazole rings is 1. The maximum absolute atomic E-state index is 9.35. The third kappa shape index (κ3) is 2.50. The van der Waals surface area contributed by atoms with Crippen molar-refractivity contribution in [1.29, 1.82) is 0 Å². The van der Waals surface area contributed by atoms with E-state index in [9.17, 15) is 5.11 Å². The molecule has 1 aliphatic heterocycles. The fourth-order valence-corrected chi connectivity index (χ4v) is 2.57. The first kappa shape index (κ1) is 12.3. The monoisotopic (exact) mass is 259 g/mol. The van der Waals surface area contributed by atoms with Gasteiger partial charge in [0.15, 0.2) is 5.82 Å². The van der Waals surface area contributed by atoms with Crippen molar-refractivity contribution in [3.8, 4) is 5.69 Å². The summed E-state index contributed by atoms with van der Waals surface area (Å²) < 4.78 is 1.76. The minimum absolute atomic E-state index is 0.201. The molecule has 19 heavy (non-hydrogen) atoms. The zero-order chi connectivity index (χ0) is 13.1. The van der Waals surface area contributed by atoms with Gasteiger partial charge in [0.25, 0.3) is 0 Å². The van der Waals surface area contributed by atoms with Crippen molar-refractivity contribution in [1.82, 2.24) is 25.1 Å². The van der Waals surface area contributed by atoms with Crippen molar-refractivity contribution in [2.24, 2.45) is 0 Å². The fourth-order valence-electron chi connectivity index (χ4n) is 2.57. The highest BCUT2D eigenvalue weighted by Gasteiger charge is 2.25. The lowest BCUT2D eigenvalue weighted by atomic mass is 10.2. The van der Waals surface area contributed by atoms with E-state index in [1.165, 1.54) is 0 Å². The molecule has 0 spiro atoms. The van der Waals surface area contributed by atoms with E-state index >= 15 is 0 Å². The number of para-hydroxylation sites is 1. The summed E-state index contributed by atoms with van der Waals surface area (Å²) in [6.45, 7) is 1.87. The predicted octanol–water partition coefficient (Wildman–Crippen LogP) is 0.619. The molecule has 2 aromatic rings. The molecule has 3 rings (SSSR count). The summed E-state index contributed by atoms with van der Waals surface area (Å²) in [6, 6.07) is 10.1. The molecule has 6 nitrogen and oxygen atoms in total. The van der Waals surface area contributed by atoms with Crippen molar-refractivity contribution < 1.29 is 5.11 Å². The summed E-state index contributed by atoms with van der Waals surface area (Å²) in [5.41, 5.74) is 0.960. The molecule has 0 bridgehead atoms. The number of aromatic nitrogens is 4. The van der Waals surface area contributed by atoms with Crippen molar-refractivity contribution in [2.75, 3.05) is 13.2 Å². The Morgan fingerprint density at radius 3 is 2.89 bits per heavy atom. The summed E-state index contributed by atoms with van der Waals surface area (Å²) in [5.74, 6) is 0.812. The molecule has 0 radical (unpaired) electrons. The molecule has 1 saturated heterocycles. The normalized spacial score (nSPS) is 19.9. The summed E-state index contributed by atoms with van der Waals surface area (Å²) in [5, 5.41) is 21.3. The molecular weight excluding hydrogens is 242 g/mol. The largest absolute Gasteiger partial charge is 0.395 e. The molecule has 1 aromatic carbocycles. The smallest absolute Gasteiger partial charge is 0.170 e. The lowest BCUT2D eigenvalue weighted by Gasteiger charge is -2.21. The van der Waals surface area contributed by atoms with Crippen molar-refractivity contribution in [3.63, 3.8) is 0 Å². The van der Waals surface area contributed by atoms with Crippen molar-refractivity contribution >= 4 is 0 Å². The van der Waals surface area contributed by atoms with Gasteiger partial charge in [-0.15, -0.1) is 5.10 Å². The lowest BCUT2D eigenvalue weighted by Crippen LogP contribution is -2.32. The molecule has 0 unspecified atom stereocenters. The molecule has 2 heterocycles. The molecule has 0 aliphatic carbocycles. The van der Waals surface area contributed by atoms with Crippen molar-refractivity contribution in [3.05, 3.63) is 36.2 Å². The molecular formula is C13H17N5O. The Morgan fingerprint density at radius 1 is 1.26 bits per heavy atom. The molecule has 1 atom stereocenters. The van der Waals surface area contributed by atoms with E-state index in [4.69, 9.17) is 0 Å². The van der Waals surface area contributed by atoms with E-state index in [1.54, 1.807) is 4.68 Å². The van der Waals surface area contributed by atoms with E-state index in [0.29, 0.717) is 6.54 Å². The molecule has 1 aromatic heterocycles. The SMILES string of the molecule is OC[C@H]1CCCN1Cc1nnnn1-c1ccccc1. The van der Waals surface area contributed by atoms with Crippen molar-refractivity contribution in [2.45, 2.75) is 25.4 Å². The fraction of sp³-hybridized carbons (Fsp3) is 0.462. The minimum atomic E-state index is 0.201. The van der Waals surface area contributed by atoms with Crippen LogP contribution in [0.2, 0.25) is 0 Å². The van der Waals surface area contributed by atoms with Gasteiger partial charge in [0.2, 0.25) is 0 Å². The van der Waals surface area contributed by atoms with Gasteiger partial charge in [-0.25, -0.2) is 0 Å². The second-order valence-corrected chi connectivity index (χ2v) is 4.79. The van der Waals surface area contributed by atoms with Gasteiger partial charge in [-0.2, -0.15) is 4.68 Å². The topological polar surface area (TPSA) is 67.1 Å². The highest BCUT2D eigenvalue weighted by Crippen LogP contribution is 2.19. The Hall–Kier alpha value is -1.79. The number of hydrogen-bond acceptors (Lipinski definition) is 5. The second kappa shape index (κ2) is 5.46. The van der Waals surface area contributed by atoms with Crippen LogP contribution in [0.4, 0.5) is 0 Å². The van der Waals surface area contributed by atoms with Crippen LogP contribution in [0.1, 0.15) is 18.7 Å². The van der Waals surface area contributed by atoms with Gasteiger partial charge in [0.05, 0.1) is 18.8 Å². The summed E-state index contributed by atoms with van der Waals surface area (Å²) >= 11 is 0. The van der Waals surface area contributed by atoms with Gasteiger partial charge in [-0.1, -0.05) is 18.2 Å². The first-order valence-corrected chi connectivity index (χ1v) is 6.56. The zero-order valence-corrected chi connectivity index (χ0v) is 10.7. The maximum atomic E-state index is 9.35. The van der Waals surface area contributed by atoms with E-state index in [-0.39, 0.29) is 12.6 Å². The Morgan fingerprint density at radius 2 is 2.11 bits per heavy atom.